The van der Waals surface area contributed by atoms with Crippen molar-refractivity contribution in [3.8, 4) is 5.75 Å². The van der Waals surface area contributed by atoms with Crippen LogP contribution in [0.15, 0.2) is 29.3 Å². The van der Waals surface area contributed by atoms with E-state index in [0.717, 1.165) is 24.5 Å². The van der Waals surface area contributed by atoms with Gasteiger partial charge in [0.15, 0.2) is 0 Å². The molecule has 0 fully saturated rings. The van der Waals surface area contributed by atoms with Crippen molar-refractivity contribution in [2.75, 3.05) is 20.1 Å². The molecule has 1 heterocycles. The lowest BCUT2D eigenvalue weighted by Gasteiger charge is -2.14. The summed E-state index contributed by atoms with van der Waals surface area (Å²) >= 11 is 0. The van der Waals surface area contributed by atoms with Crippen LogP contribution in [-0.4, -0.2) is 36.0 Å². The van der Waals surface area contributed by atoms with Gasteiger partial charge in [0.1, 0.15) is 11.6 Å². The Hall–Kier alpha value is -1.51. The highest BCUT2D eigenvalue weighted by atomic mass is 16.3. The number of phenolic OH excluding ortho intramolecular Hbond substituents is 1. The van der Waals surface area contributed by atoms with E-state index in [0.29, 0.717) is 5.75 Å². The summed E-state index contributed by atoms with van der Waals surface area (Å²) in [6.45, 7) is 1.75. The fourth-order valence-corrected chi connectivity index (χ4v) is 1.49. The standard InChI is InChI=1S/C10H12N2O/c1-12-7-6-11-10(12)8-4-2-3-5-9(8)13/h2-5,13H,6-7H2,1H3. The van der Waals surface area contributed by atoms with Gasteiger partial charge in [-0.3, -0.25) is 4.99 Å². The maximum absolute atomic E-state index is 9.58. The molecule has 0 aromatic heterocycles. The van der Waals surface area contributed by atoms with Crippen molar-refractivity contribution in [3.63, 3.8) is 0 Å². The van der Waals surface area contributed by atoms with Gasteiger partial charge in [-0.25, -0.2) is 0 Å². The molecule has 68 valence electrons. The quantitative estimate of drug-likeness (QED) is 0.695. The number of nitrogens with zero attached hydrogens (tertiary/aromatic N) is 2. The van der Waals surface area contributed by atoms with Gasteiger partial charge in [-0.05, 0) is 12.1 Å². The van der Waals surface area contributed by atoms with Crippen molar-refractivity contribution in [1.82, 2.24) is 4.90 Å². The molecule has 2 rings (SSSR count). The third kappa shape index (κ3) is 1.37. The fraction of sp³-hybridized carbons (Fsp3) is 0.300. The first-order valence-corrected chi connectivity index (χ1v) is 4.33. The van der Waals surface area contributed by atoms with Gasteiger partial charge in [-0.1, -0.05) is 12.1 Å². The molecule has 13 heavy (non-hydrogen) atoms. The highest BCUT2D eigenvalue weighted by Crippen LogP contribution is 2.19. The van der Waals surface area contributed by atoms with Crippen molar-refractivity contribution in [2.45, 2.75) is 0 Å². The van der Waals surface area contributed by atoms with Crippen LogP contribution >= 0.6 is 0 Å². The van der Waals surface area contributed by atoms with Crippen LogP contribution in [0, 0.1) is 0 Å². The van der Waals surface area contributed by atoms with Crippen molar-refractivity contribution in [1.29, 1.82) is 0 Å². The molecule has 1 aromatic rings. The Bertz CT molecular complexity index is 347. The summed E-state index contributed by atoms with van der Waals surface area (Å²) in [5.41, 5.74) is 0.822. The van der Waals surface area contributed by atoms with Gasteiger partial charge in [0.2, 0.25) is 0 Å². The normalized spacial score (nSPS) is 16.1. The van der Waals surface area contributed by atoms with Crippen molar-refractivity contribution in [2.24, 2.45) is 4.99 Å². The zero-order chi connectivity index (χ0) is 9.26. The number of hydrogen-bond donors (Lipinski definition) is 1. The molecular formula is C10H12N2O. The molecule has 1 aliphatic heterocycles. The second-order valence-corrected chi connectivity index (χ2v) is 3.14. The van der Waals surface area contributed by atoms with Gasteiger partial charge < -0.3 is 10.0 Å². The van der Waals surface area contributed by atoms with Gasteiger partial charge in [0.25, 0.3) is 0 Å². The van der Waals surface area contributed by atoms with Crippen LogP contribution in [0.5, 0.6) is 5.75 Å². The maximum Gasteiger partial charge on any atom is 0.134 e. The first-order valence-electron chi connectivity index (χ1n) is 4.33. The molecule has 0 radical (unpaired) electrons. The molecule has 0 unspecified atom stereocenters. The monoisotopic (exact) mass is 176 g/mol. The Kier molecular flexibility index (Phi) is 1.93. The maximum atomic E-state index is 9.58. The number of phenols is 1. The van der Waals surface area contributed by atoms with E-state index in [4.69, 9.17) is 0 Å². The van der Waals surface area contributed by atoms with E-state index in [1.54, 1.807) is 6.07 Å². The van der Waals surface area contributed by atoms with E-state index in [9.17, 15) is 5.11 Å². The third-order valence-corrected chi connectivity index (χ3v) is 2.20. The van der Waals surface area contributed by atoms with Crippen LogP contribution in [0.4, 0.5) is 0 Å². The summed E-state index contributed by atoms with van der Waals surface area (Å²) in [7, 11) is 1.98. The molecule has 0 amide bonds. The molecule has 0 spiro atoms. The number of aliphatic imine (C=N–C) groups is 1. The topological polar surface area (TPSA) is 35.8 Å². The Morgan fingerprint density at radius 3 is 2.77 bits per heavy atom. The summed E-state index contributed by atoms with van der Waals surface area (Å²) in [6, 6.07) is 7.29. The molecule has 1 aliphatic rings. The molecule has 0 aliphatic carbocycles. The number of hydrogen-bond acceptors (Lipinski definition) is 3. The Balaban J connectivity index is 2.40. The van der Waals surface area contributed by atoms with Gasteiger partial charge in [0.05, 0.1) is 12.1 Å². The fourth-order valence-electron chi connectivity index (χ4n) is 1.49. The molecule has 3 nitrogen and oxygen atoms in total. The van der Waals surface area contributed by atoms with Crippen LogP contribution < -0.4 is 0 Å². The van der Waals surface area contributed by atoms with E-state index >= 15 is 0 Å². The minimum atomic E-state index is 0.301. The first kappa shape index (κ1) is 8.10. The van der Waals surface area contributed by atoms with Crippen LogP contribution in [-0.2, 0) is 0 Å². The minimum absolute atomic E-state index is 0.301. The lowest BCUT2D eigenvalue weighted by atomic mass is 10.2. The number of benzene rings is 1. The summed E-state index contributed by atoms with van der Waals surface area (Å²) in [5.74, 6) is 1.19. The number of rotatable bonds is 1. The highest BCUT2D eigenvalue weighted by Gasteiger charge is 2.16. The Morgan fingerprint density at radius 2 is 2.15 bits per heavy atom. The number of amidine groups is 1. The van der Waals surface area contributed by atoms with E-state index in [-0.39, 0.29) is 0 Å². The van der Waals surface area contributed by atoms with Crippen LogP contribution in [0.1, 0.15) is 5.56 Å². The average molecular weight is 176 g/mol. The summed E-state index contributed by atoms with van der Waals surface area (Å²) in [5, 5.41) is 9.58. The minimum Gasteiger partial charge on any atom is -0.507 e. The lowest BCUT2D eigenvalue weighted by molar-refractivity contribution is 0.471. The van der Waals surface area contributed by atoms with Crippen molar-refractivity contribution >= 4 is 5.84 Å². The Labute approximate surface area is 77.3 Å². The molecular weight excluding hydrogens is 164 g/mol. The van der Waals surface area contributed by atoms with Gasteiger partial charge in [0, 0.05) is 13.6 Å². The first-order chi connectivity index (χ1) is 6.29. The van der Waals surface area contributed by atoms with Crippen molar-refractivity contribution < 1.29 is 5.11 Å². The Morgan fingerprint density at radius 1 is 1.38 bits per heavy atom. The van der Waals surface area contributed by atoms with Crippen LogP contribution in [0.3, 0.4) is 0 Å². The third-order valence-electron chi connectivity index (χ3n) is 2.20. The number of para-hydroxylation sites is 1. The summed E-state index contributed by atoms with van der Waals surface area (Å²) in [6.07, 6.45) is 0. The molecule has 0 bridgehead atoms. The number of likely N-dealkylation sites (N-methyl/N-ethyl adjacent to an activating group) is 1. The second-order valence-electron chi connectivity index (χ2n) is 3.14. The highest BCUT2D eigenvalue weighted by molar-refractivity contribution is 6.01. The van der Waals surface area contributed by atoms with Gasteiger partial charge in [-0.2, -0.15) is 0 Å². The van der Waals surface area contributed by atoms with Gasteiger partial charge >= 0.3 is 0 Å². The lowest BCUT2D eigenvalue weighted by Crippen LogP contribution is -2.23. The van der Waals surface area contributed by atoms with E-state index in [2.05, 4.69) is 9.89 Å². The van der Waals surface area contributed by atoms with E-state index < -0.39 is 0 Å². The average Bonchev–Trinajstić information content (AvgIpc) is 2.52. The predicted molar refractivity (Wildman–Crippen MR) is 52.1 cm³/mol. The molecule has 3 heteroatoms. The molecule has 0 atom stereocenters. The zero-order valence-corrected chi connectivity index (χ0v) is 7.57. The van der Waals surface area contributed by atoms with Crippen LogP contribution in [0.25, 0.3) is 0 Å². The summed E-state index contributed by atoms with van der Waals surface area (Å²) < 4.78 is 0. The zero-order valence-electron chi connectivity index (χ0n) is 7.57. The van der Waals surface area contributed by atoms with Crippen molar-refractivity contribution in [3.05, 3.63) is 29.8 Å². The SMILES string of the molecule is CN1CCN=C1c1ccccc1O. The smallest absolute Gasteiger partial charge is 0.134 e. The van der Waals surface area contributed by atoms with E-state index in [1.807, 2.05) is 25.2 Å². The van der Waals surface area contributed by atoms with E-state index in [1.165, 1.54) is 0 Å². The van der Waals surface area contributed by atoms with Crippen LogP contribution in [0.2, 0.25) is 0 Å². The molecule has 1 N–H and O–H groups in total. The molecule has 0 saturated carbocycles. The largest absolute Gasteiger partial charge is 0.507 e. The predicted octanol–water partition coefficient (Wildman–Crippen LogP) is 1.08. The number of aromatic hydroxyl groups is 1. The van der Waals surface area contributed by atoms with Gasteiger partial charge in [-0.15, -0.1) is 0 Å². The molecule has 0 saturated heterocycles. The second kappa shape index (κ2) is 3.09. The summed E-state index contributed by atoms with van der Waals surface area (Å²) in [4.78, 5) is 6.38. The molecule has 1 aromatic carbocycles.